The van der Waals surface area contributed by atoms with E-state index in [0.717, 1.165) is 25.0 Å². The molecule has 1 atom stereocenters. The van der Waals surface area contributed by atoms with Crippen LogP contribution in [0.4, 0.5) is 0 Å². The average molecular weight is 253 g/mol. The molecule has 5 heteroatoms. The summed E-state index contributed by atoms with van der Waals surface area (Å²) in [6.07, 6.45) is 2.50. The summed E-state index contributed by atoms with van der Waals surface area (Å²) in [7, 11) is 1.78. The minimum atomic E-state index is -0.0962. The SMILES string of the molecule is CCc1cc(C(=O)NCC(CC)CCO)n(C)n1. The van der Waals surface area contributed by atoms with E-state index in [4.69, 9.17) is 5.11 Å². The van der Waals surface area contributed by atoms with Crippen molar-refractivity contribution in [2.75, 3.05) is 13.2 Å². The fourth-order valence-corrected chi connectivity index (χ4v) is 1.87. The number of rotatable bonds is 7. The molecule has 0 spiro atoms. The van der Waals surface area contributed by atoms with Crippen LogP contribution in [0.25, 0.3) is 0 Å². The van der Waals surface area contributed by atoms with E-state index < -0.39 is 0 Å². The van der Waals surface area contributed by atoms with E-state index in [2.05, 4.69) is 17.3 Å². The highest BCUT2D eigenvalue weighted by Crippen LogP contribution is 2.07. The van der Waals surface area contributed by atoms with Crippen LogP contribution >= 0.6 is 0 Å². The molecule has 1 amide bonds. The fourth-order valence-electron chi connectivity index (χ4n) is 1.87. The Kier molecular flexibility index (Phi) is 5.85. The Hall–Kier alpha value is -1.36. The lowest BCUT2D eigenvalue weighted by atomic mass is 10.0. The molecule has 0 aliphatic carbocycles. The summed E-state index contributed by atoms with van der Waals surface area (Å²) in [5.41, 5.74) is 1.51. The van der Waals surface area contributed by atoms with Crippen molar-refractivity contribution in [3.63, 3.8) is 0 Å². The van der Waals surface area contributed by atoms with Crippen LogP contribution in [0.5, 0.6) is 0 Å². The maximum absolute atomic E-state index is 12.0. The van der Waals surface area contributed by atoms with Crippen LogP contribution in [0.15, 0.2) is 6.07 Å². The molecule has 0 bridgehead atoms. The monoisotopic (exact) mass is 253 g/mol. The summed E-state index contributed by atoms with van der Waals surface area (Å²) in [6.45, 7) is 4.84. The Morgan fingerprint density at radius 3 is 2.78 bits per heavy atom. The van der Waals surface area contributed by atoms with Gasteiger partial charge in [0.2, 0.25) is 0 Å². The molecule has 0 fully saturated rings. The van der Waals surface area contributed by atoms with Crippen LogP contribution in [0.3, 0.4) is 0 Å². The van der Waals surface area contributed by atoms with E-state index in [1.54, 1.807) is 11.7 Å². The number of aromatic nitrogens is 2. The molecular weight excluding hydrogens is 230 g/mol. The molecule has 1 heterocycles. The Morgan fingerprint density at radius 2 is 2.28 bits per heavy atom. The molecule has 0 radical (unpaired) electrons. The first kappa shape index (κ1) is 14.7. The Bertz CT molecular complexity index is 388. The van der Waals surface area contributed by atoms with Crippen LogP contribution in [0.1, 0.15) is 42.9 Å². The Morgan fingerprint density at radius 1 is 1.56 bits per heavy atom. The third-order valence-corrected chi connectivity index (χ3v) is 3.19. The number of aryl methyl sites for hydroxylation is 2. The zero-order valence-corrected chi connectivity index (χ0v) is 11.4. The topological polar surface area (TPSA) is 67.2 Å². The molecule has 102 valence electrons. The van der Waals surface area contributed by atoms with Gasteiger partial charge in [0.05, 0.1) is 5.69 Å². The zero-order valence-electron chi connectivity index (χ0n) is 11.4. The quantitative estimate of drug-likeness (QED) is 0.765. The van der Waals surface area contributed by atoms with Gasteiger partial charge in [-0.15, -0.1) is 0 Å². The second-order valence-electron chi connectivity index (χ2n) is 4.49. The van der Waals surface area contributed by atoms with Gasteiger partial charge in [-0.25, -0.2) is 0 Å². The van der Waals surface area contributed by atoms with Crippen molar-refractivity contribution in [2.45, 2.75) is 33.1 Å². The molecule has 0 aliphatic rings. The highest BCUT2D eigenvalue weighted by atomic mass is 16.3. The van der Waals surface area contributed by atoms with Gasteiger partial charge >= 0.3 is 0 Å². The largest absolute Gasteiger partial charge is 0.396 e. The number of hydrogen-bond donors (Lipinski definition) is 2. The van der Waals surface area contributed by atoms with Gasteiger partial charge in [0.1, 0.15) is 5.69 Å². The Balaban J connectivity index is 2.56. The standard InChI is InChI=1S/C13H23N3O2/c1-4-10(6-7-17)9-14-13(18)12-8-11(5-2)15-16(12)3/h8,10,17H,4-7,9H2,1-3H3,(H,14,18). The maximum atomic E-state index is 12.0. The molecule has 5 nitrogen and oxygen atoms in total. The molecule has 0 saturated heterocycles. The maximum Gasteiger partial charge on any atom is 0.269 e. The van der Waals surface area contributed by atoms with Crippen molar-refractivity contribution < 1.29 is 9.90 Å². The second kappa shape index (κ2) is 7.16. The van der Waals surface area contributed by atoms with Crippen LogP contribution in [0.2, 0.25) is 0 Å². The average Bonchev–Trinajstić information content (AvgIpc) is 2.75. The normalized spacial score (nSPS) is 12.4. The van der Waals surface area contributed by atoms with Crippen molar-refractivity contribution in [1.82, 2.24) is 15.1 Å². The molecule has 1 rings (SSSR count). The predicted octanol–water partition coefficient (Wildman–Crippen LogP) is 1.12. The number of aliphatic hydroxyl groups is 1. The first-order chi connectivity index (χ1) is 8.62. The van der Waals surface area contributed by atoms with Crippen LogP contribution in [-0.4, -0.2) is 33.9 Å². The zero-order chi connectivity index (χ0) is 13.5. The summed E-state index contributed by atoms with van der Waals surface area (Å²) < 4.78 is 1.61. The van der Waals surface area contributed by atoms with E-state index in [1.165, 1.54) is 0 Å². The molecule has 1 aromatic heterocycles. The van der Waals surface area contributed by atoms with Gasteiger partial charge in [-0.1, -0.05) is 20.3 Å². The van der Waals surface area contributed by atoms with E-state index in [9.17, 15) is 4.79 Å². The summed E-state index contributed by atoms with van der Waals surface area (Å²) in [4.78, 5) is 12.0. The van der Waals surface area contributed by atoms with Crippen LogP contribution in [0, 0.1) is 5.92 Å². The van der Waals surface area contributed by atoms with Crippen molar-refractivity contribution in [1.29, 1.82) is 0 Å². The predicted molar refractivity (Wildman–Crippen MR) is 70.4 cm³/mol. The van der Waals surface area contributed by atoms with Gasteiger partial charge in [-0.3, -0.25) is 9.48 Å². The number of aliphatic hydroxyl groups excluding tert-OH is 1. The summed E-state index contributed by atoms with van der Waals surface area (Å²) >= 11 is 0. The first-order valence-electron chi connectivity index (χ1n) is 6.54. The number of amides is 1. The van der Waals surface area contributed by atoms with Gasteiger partial charge in [0.15, 0.2) is 0 Å². The van der Waals surface area contributed by atoms with Gasteiger partial charge in [-0.2, -0.15) is 5.10 Å². The van der Waals surface area contributed by atoms with E-state index >= 15 is 0 Å². The highest BCUT2D eigenvalue weighted by molar-refractivity contribution is 5.92. The van der Waals surface area contributed by atoms with Crippen molar-refractivity contribution in [3.05, 3.63) is 17.5 Å². The number of nitrogens with one attached hydrogen (secondary N) is 1. The number of carbonyl (C=O) groups excluding carboxylic acids is 1. The smallest absolute Gasteiger partial charge is 0.269 e. The molecule has 0 aromatic carbocycles. The number of nitrogens with zero attached hydrogens (tertiary/aromatic N) is 2. The summed E-state index contributed by atoms with van der Waals surface area (Å²) in [5, 5.41) is 16.1. The molecular formula is C13H23N3O2. The lowest BCUT2D eigenvalue weighted by molar-refractivity contribution is 0.0934. The molecule has 0 saturated carbocycles. The Labute approximate surface area is 108 Å². The third kappa shape index (κ3) is 3.84. The minimum Gasteiger partial charge on any atom is -0.396 e. The molecule has 1 unspecified atom stereocenters. The minimum absolute atomic E-state index is 0.0962. The van der Waals surface area contributed by atoms with Crippen molar-refractivity contribution in [2.24, 2.45) is 13.0 Å². The first-order valence-corrected chi connectivity index (χ1v) is 6.54. The van der Waals surface area contributed by atoms with Gasteiger partial charge in [0.25, 0.3) is 5.91 Å². The van der Waals surface area contributed by atoms with Crippen molar-refractivity contribution >= 4 is 5.91 Å². The van der Waals surface area contributed by atoms with Gasteiger partial charge in [0, 0.05) is 20.2 Å². The second-order valence-corrected chi connectivity index (χ2v) is 4.49. The fraction of sp³-hybridized carbons (Fsp3) is 0.692. The van der Waals surface area contributed by atoms with Gasteiger partial charge in [-0.05, 0) is 24.8 Å². The highest BCUT2D eigenvalue weighted by Gasteiger charge is 2.14. The molecule has 2 N–H and O–H groups in total. The lowest BCUT2D eigenvalue weighted by Crippen LogP contribution is -2.30. The third-order valence-electron chi connectivity index (χ3n) is 3.19. The molecule has 1 aromatic rings. The van der Waals surface area contributed by atoms with Crippen LogP contribution in [-0.2, 0) is 13.5 Å². The lowest BCUT2D eigenvalue weighted by Gasteiger charge is -2.14. The van der Waals surface area contributed by atoms with E-state index in [1.807, 2.05) is 13.0 Å². The van der Waals surface area contributed by atoms with Crippen LogP contribution < -0.4 is 5.32 Å². The molecule has 0 aliphatic heterocycles. The van der Waals surface area contributed by atoms with E-state index in [0.29, 0.717) is 18.2 Å². The summed E-state index contributed by atoms with van der Waals surface area (Å²) in [5.74, 6) is 0.235. The number of carbonyl (C=O) groups is 1. The number of hydrogen-bond acceptors (Lipinski definition) is 3. The summed E-state index contributed by atoms with van der Waals surface area (Å²) in [6, 6.07) is 1.82. The molecule has 18 heavy (non-hydrogen) atoms. The van der Waals surface area contributed by atoms with Gasteiger partial charge < -0.3 is 10.4 Å². The van der Waals surface area contributed by atoms with Crippen molar-refractivity contribution in [3.8, 4) is 0 Å². The van der Waals surface area contributed by atoms with E-state index in [-0.39, 0.29) is 12.5 Å².